The predicted octanol–water partition coefficient (Wildman–Crippen LogP) is 3.38. The smallest absolute Gasteiger partial charge is 0.161 e. The third kappa shape index (κ3) is 5.87. The van der Waals surface area contributed by atoms with E-state index in [0.717, 1.165) is 5.56 Å². The van der Waals surface area contributed by atoms with Crippen molar-refractivity contribution >= 4 is 17.4 Å². The highest BCUT2D eigenvalue weighted by atomic mass is 35.5. The minimum atomic E-state index is 0.00453. The molecule has 0 fully saturated rings. The molecule has 0 unspecified atom stereocenters. The lowest BCUT2D eigenvalue weighted by molar-refractivity contribution is -0.118. The minimum absolute atomic E-state index is 0.00453. The van der Waals surface area contributed by atoms with Crippen LogP contribution in [0.4, 0.5) is 0 Å². The number of methoxy groups -OCH3 is 1. The summed E-state index contributed by atoms with van der Waals surface area (Å²) in [4.78, 5) is 13.7. The molecule has 0 atom stereocenters. The van der Waals surface area contributed by atoms with Crippen LogP contribution in [0.1, 0.15) is 5.56 Å². The number of para-hydroxylation sites is 2. The highest BCUT2D eigenvalue weighted by Crippen LogP contribution is 2.25. The van der Waals surface area contributed by atoms with Gasteiger partial charge in [-0.05, 0) is 17.7 Å². The molecule has 0 spiro atoms. The second-order valence-corrected chi connectivity index (χ2v) is 5.64. The molecule has 0 heterocycles. The Kier molecular flexibility index (Phi) is 7.59. The van der Waals surface area contributed by atoms with Crippen LogP contribution in [0.15, 0.2) is 54.6 Å². The van der Waals surface area contributed by atoms with Crippen LogP contribution in [0.2, 0.25) is 0 Å². The fraction of sp³-hybridized carbons (Fsp3) is 0.316. The van der Waals surface area contributed by atoms with Gasteiger partial charge in [-0.15, -0.1) is 11.6 Å². The topological polar surface area (TPSA) is 38.8 Å². The number of nitrogens with zero attached hydrogens (tertiary/aromatic N) is 1. The van der Waals surface area contributed by atoms with Crippen LogP contribution >= 0.6 is 11.6 Å². The monoisotopic (exact) mass is 347 g/mol. The zero-order valence-corrected chi connectivity index (χ0v) is 14.5. The van der Waals surface area contributed by atoms with E-state index >= 15 is 0 Å². The Balaban J connectivity index is 1.93. The Morgan fingerprint density at radius 2 is 1.71 bits per heavy atom. The highest BCUT2D eigenvalue weighted by Gasteiger charge is 2.11. The van der Waals surface area contributed by atoms with Crippen molar-refractivity contribution in [3.05, 3.63) is 60.2 Å². The second kappa shape index (κ2) is 9.96. The molecular formula is C19H22ClNO3. The maximum atomic E-state index is 11.7. The summed E-state index contributed by atoms with van der Waals surface area (Å²) in [5, 5.41) is 0. The van der Waals surface area contributed by atoms with Gasteiger partial charge >= 0.3 is 0 Å². The van der Waals surface area contributed by atoms with Crippen molar-refractivity contribution < 1.29 is 14.3 Å². The molecule has 2 aromatic carbocycles. The van der Waals surface area contributed by atoms with Crippen molar-refractivity contribution in [1.29, 1.82) is 0 Å². The Morgan fingerprint density at radius 3 is 2.38 bits per heavy atom. The van der Waals surface area contributed by atoms with Gasteiger partial charge in [0.25, 0.3) is 0 Å². The van der Waals surface area contributed by atoms with Gasteiger partial charge in [0.15, 0.2) is 17.3 Å². The first-order valence-corrected chi connectivity index (χ1v) is 8.36. The molecule has 0 saturated heterocycles. The fourth-order valence-corrected chi connectivity index (χ4v) is 2.45. The average Bonchev–Trinajstić information content (AvgIpc) is 2.62. The second-order valence-electron chi connectivity index (χ2n) is 5.37. The number of Topliss-reactive ketones (excluding diaryl/α,β-unsaturated/α-hetero) is 1. The fourth-order valence-electron chi connectivity index (χ4n) is 2.37. The van der Waals surface area contributed by atoms with Gasteiger partial charge in [-0.3, -0.25) is 9.69 Å². The molecule has 0 saturated carbocycles. The number of carbonyl (C=O) groups is 1. The molecule has 0 N–H and O–H groups in total. The van der Waals surface area contributed by atoms with Crippen LogP contribution in [0.5, 0.6) is 11.5 Å². The molecule has 0 aromatic heterocycles. The third-order valence-electron chi connectivity index (χ3n) is 3.53. The summed E-state index contributed by atoms with van der Waals surface area (Å²) in [7, 11) is 1.61. The Bertz CT molecular complexity index is 634. The minimum Gasteiger partial charge on any atom is -0.493 e. The van der Waals surface area contributed by atoms with Gasteiger partial charge in [-0.2, -0.15) is 0 Å². The molecule has 0 aliphatic heterocycles. The van der Waals surface area contributed by atoms with E-state index in [-0.39, 0.29) is 11.7 Å². The number of hydrogen-bond donors (Lipinski definition) is 0. The van der Waals surface area contributed by atoms with E-state index in [4.69, 9.17) is 21.1 Å². The third-order valence-corrected chi connectivity index (χ3v) is 3.83. The van der Waals surface area contributed by atoms with Crippen molar-refractivity contribution in [1.82, 2.24) is 4.90 Å². The summed E-state index contributed by atoms with van der Waals surface area (Å²) < 4.78 is 11.1. The lowest BCUT2D eigenvalue weighted by atomic mass is 10.2. The van der Waals surface area contributed by atoms with E-state index in [1.165, 1.54) is 0 Å². The first-order valence-electron chi connectivity index (χ1n) is 7.82. The number of hydrogen-bond acceptors (Lipinski definition) is 4. The van der Waals surface area contributed by atoms with E-state index in [2.05, 4.69) is 0 Å². The van der Waals surface area contributed by atoms with E-state index < -0.39 is 0 Å². The van der Waals surface area contributed by atoms with Crippen molar-refractivity contribution in [2.24, 2.45) is 0 Å². The normalized spacial score (nSPS) is 10.6. The van der Waals surface area contributed by atoms with E-state index in [0.29, 0.717) is 37.7 Å². The molecule has 2 rings (SSSR count). The summed E-state index contributed by atoms with van der Waals surface area (Å²) in [5.74, 6) is 1.43. The van der Waals surface area contributed by atoms with Crippen LogP contribution in [0.25, 0.3) is 0 Å². The average molecular weight is 348 g/mol. The molecule has 0 amide bonds. The first-order chi connectivity index (χ1) is 11.7. The number of benzene rings is 2. The molecule has 128 valence electrons. The zero-order valence-electron chi connectivity index (χ0n) is 13.8. The maximum Gasteiger partial charge on any atom is 0.161 e. The molecule has 0 bridgehead atoms. The molecule has 5 heteroatoms. The number of rotatable bonds is 10. The maximum absolute atomic E-state index is 11.7. The zero-order chi connectivity index (χ0) is 17.2. The summed E-state index contributed by atoms with van der Waals surface area (Å²) in [5.41, 5.74) is 1.15. The van der Waals surface area contributed by atoms with Crippen LogP contribution in [-0.2, 0) is 11.3 Å². The SMILES string of the molecule is COc1ccccc1OCCN(CC(=O)CCl)Cc1ccccc1. The molecule has 4 nitrogen and oxygen atoms in total. The lowest BCUT2D eigenvalue weighted by Gasteiger charge is -2.21. The molecule has 0 radical (unpaired) electrons. The standard InChI is InChI=1S/C19H22ClNO3/c1-23-18-9-5-6-10-19(18)24-12-11-21(15-17(22)13-20)14-16-7-3-2-4-8-16/h2-10H,11-15H2,1H3. The van der Waals surface area contributed by atoms with Crippen molar-refractivity contribution in [2.75, 3.05) is 32.7 Å². The molecule has 0 aliphatic carbocycles. The Labute approximate surface area is 147 Å². The van der Waals surface area contributed by atoms with E-state index in [9.17, 15) is 4.79 Å². The van der Waals surface area contributed by atoms with Crippen molar-refractivity contribution in [3.8, 4) is 11.5 Å². The summed E-state index contributed by atoms with van der Waals surface area (Å²) >= 11 is 5.64. The Hall–Kier alpha value is -2.04. The van der Waals surface area contributed by atoms with E-state index in [1.807, 2.05) is 59.5 Å². The van der Waals surface area contributed by atoms with Crippen LogP contribution in [0.3, 0.4) is 0 Å². The molecule has 24 heavy (non-hydrogen) atoms. The predicted molar refractivity (Wildman–Crippen MR) is 95.9 cm³/mol. The number of alkyl halides is 1. The van der Waals surface area contributed by atoms with Crippen LogP contribution in [-0.4, -0.2) is 43.4 Å². The van der Waals surface area contributed by atoms with Gasteiger partial charge in [-0.1, -0.05) is 42.5 Å². The number of ketones is 1. The van der Waals surface area contributed by atoms with Gasteiger partial charge in [0.1, 0.15) is 6.61 Å². The van der Waals surface area contributed by atoms with Gasteiger partial charge in [0.05, 0.1) is 19.5 Å². The summed E-state index contributed by atoms with van der Waals surface area (Å²) in [6.45, 7) is 2.07. The molecule has 0 aliphatic rings. The van der Waals surface area contributed by atoms with Gasteiger partial charge in [0.2, 0.25) is 0 Å². The van der Waals surface area contributed by atoms with Gasteiger partial charge < -0.3 is 9.47 Å². The lowest BCUT2D eigenvalue weighted by Crippen LogP contribution is -2.33. The Morgan fingerprint density at radius 1 is 1.04 bits per heavy atom. The number of ether oxygens (including phenoxy) is 2. The van der Waals surface area contributed by atoms with Gasteiger partial charge in [0, 0.05) is 13.1 Å². The van der Waals surface area contributed by atoms with Crippen LogP contribution < -0.4 is 9.47 Å². The number of halogens is 1. The van der Waals surface area contributed by atoms with Crippen molar-refractivity contribution in [2.45, 2.75) is 6.54 Å². The summed E-state index contributed by atoms with van der Waals surface area (Å²) in [6.07, 6.45) is 0. The highest BCUT2D eigenvalue weighted by molar-refractivity contribution is 6.27. The van der Waals surface area contributed by atoms with Gasteiger partial charge in [-0.25, -0.2) is 0 Å². The van der Waals surface area contributed by atoms with Crippen LogP contribution in [0, 0.1) is 0 Å². The number of carbonyl (C=O) groups excluding carboxylic acids is 1. The summed E-state index contributed by atoms with van der Waals surface area (Å²) in [6, 6.07) is 17.5. The molecular weight excluding hydrogens is 326 g/mol. The van der Waals surface area contributed by atoms with E-state index in [1.54, 1.807) is 7.11 Å². The first kappa shape index (κ1) is 18.3. The van der Waals surface area contributed by atoms with Crippen molar-refractivity contribution in [3.63, 3.8) is 0 Å². The quantitative estimate of drug-likeness (QED) is 0.618. The molecule has 2 aromatic rings. The largest absolute Gasteiger partial charge is 0.493 e.